The summed E-state index contributed by atoms with van der Waals surface area (Å²) in [7, 11) is 0. The van der Waals surface area contributed by atoms with Gasteiger partial charge in [0.1, 0.15) is 11.5 Å². The standard InChI is InChI=1S/C22H26N2O5S/c1-2-29-22(27)20-19(16-5-3-4-6-17(16)30-20)23-21(26)14-7-9-15(10-8-14)24-11-12-28-13-18(24)25/h3-6,14-15H,2,7-13H2,1H3,(H,23,26). The van der Waals surface area contributed by atoms with Crippen molar-refractivity contribution in [3.05, 3.63) is 29.1 Å². The van der Waals surface area contributed by atoms with Crippen molar-refractivity contribution >= 4 is 44.9 Å². The second kappa shape index (κ2) is 9.14. The lowest BCUT2D eigenvalue weighted by Gasteiger charge is -2.38. The third-order valence-electron chi connectivity index (χ3n) is 5.84. The zero-order valence-electron chi connectivity index (χ0n) is 17.0. The molecular formula is C22H26N2O5S. The highest BCUT2D eigenvalue weighted by atomic mass is 32.1. The van der Waals surface area contributed by atoms with Gasteiger partial charge < -0.3 is 19.7 Å². The molecule has 2 amide bonds. The van der Waals surface area contributed by atoms with E-state index < -0.39 is 5.97 Å². The van der Waals surface area contributed by atoms with Gasteiger partial charge in [-0.25, -0.2) is 4.79 Å². The first-order valence-corrected chi connectivity index (χ1v) is 11.3. The van der Waals surface area contributed by atoms with Gasteiger partial charge in [-0.3, -0.25) is 9.59 Å². The van der Waals surface area contributed by atoms with E-state index in [1.807, 2.05) is 29.2 Å². The number of esters is 1. The summed E-state index contributed by atoms with van der Waals surface area (Å²) < 4.78 is 11.3. The molecular weight excluding hydrogens is 404 g/mol. The number of amides is 2. The highest BCUT2D eigenvalue weighted by Gasteiger charge is 2.33. The lowest BCUT2D eigenvalue weighted by atomic mass is 9.84. The van der Waals surface area contributed by atoms with E-state index in [1.165, 1.54) is 11.3 Å². The fourth-order valence-electron chi connectivity index (χ4n) is 4.30. The van der Waals surface area contributed by atoms with Crippen molar-refractivity contribution in [1.82, 2.24) is 4.90 Å². The van der Waals surface area contributed by atoms with Gasteiger partial charge in [-0.15, -0.1) is 11.3 Å². The first-order valence-electron chi connectivity index (χ1n) is 10.4. The summed E-state index contributed by atoms with van der Waals surface area (Å²) in [5, 5.41) is 3.87. The SMILES string of the molecule is CCOC(=O)c1sc2ccccc2c1NC(=O)C1CCC(N2CCOCC2=O)CC1. The Bertz CT molecular complexity index is 948. The van der Waals surface area contributed by atoms with Crippen LogP contribution in [0, 0.1) is 5.92 Å². The number of carbonyl (C=O) groups is 3. The highest BCUT2D eigenvalue weighted by Crippen LogP contribution is 2.37. The van der Waals surface area contributed by atoms with Crippen molar-refractivity contribution in [1.29, 1.82) is 0 Å². The monoisotopic (exact) mass is 430 g/mol. The molecule has 4 rings (SSSR count). The predicted molar refractivity (Wildman–Crippen MR) is 115 cm³/mol. The topological polar surface area (TPSA) is 84.9 Å². The van der Waals surface area contributed by atoms with Gasteiger partial charge in [-0.05, 0) is 38.7 Å². The van der Waals surface area contributed by atoms with Gasteiger partial charge in [0.05, 0.1) is 18.9 Å². The van der Waals surface area contributed by atoms with Gasteiger partial charge in [-0.2, -0.15) is 0 Å². The van der Waals surface area contributed by atoms with E-state index in [9.17, 15) is 14.4 Å². The number of carbonyl (C=O) groups excluding carboxylic acids is 3. The van der Waals surface area contributed by atoms with Crippen LogP contribution in [0.15, 0.2) is 24.3 Å². The minimum Gasteiger partial charge on any atom is -0.462 e. The number of nitrogens with one attached hydrogen (secondary N) is 1. The number of benzene rings is 1. The Morgan fingerprint density at radius 2 is 2.00 bits per heavy atom. The summed E-state index contributed by atoms with van der Waals surface area (Å²) in [5.74, 6) is -0.580. The lowest BCUT2D eigenvalue weighted by molar-refractivity contribution is -0.146. The number of rotatable bonds is 5. The van der Waals surface area contributed by atoms with Crippen LogP contribution < -0.4 is 5.32 Å². The quantitative estimate of drug-likeness (QED) is 0.735. The number of morpholine rings is 1. The molecule has 2 aliphatic rings. The van der Waals surface area contributed by atoms with E-state index in [0.29, 0.717) is 23.7 Å². The first-order chi connectivity index (χ1) is 14.6. The number of hydrogen-bond acceptors (Lipinski definition) is 6. The Hall–Kier alpha value is -2.45. The number of fused-ring (bicyclic) bond motifs is 1. The zero-order chi connectivity index (χ0) is 21.1. The van der Waals surface area contributed by atoms with E-state index in [4.69, 9.17) is 9.47 Å². The van der Waals surface area contributed by atoms with Crippen molar-refractivity contribution in [2.75, 3.05) is 31.7 Å². The van der Waals surface area contributed by atoms with Gasteiger partial charge in [0, 0.05) is 28.6 Å². The summed E-state index contributed by atoms with van der Waals surface area (Å²) in [5.41, 5.74) is 0.546. The van der Waals surface area contributed by atoms with E-state index in [1.54, 1.807) is 6.92 Å². The maximum atomic E-state index is 13.0. The molecule has 0 radical (unpaired) electrons. The fraction of sp³-hybridized carbons (Fsp3) is 0.500. The fourth-order valence-corrected chi connectivity index (χ4v) is 5.35. The van der Waals surface area contributed by atoms with E-state index in [2.05, 4.69) is 5.32 Å². The minimum absolute atomic E-state index is 0.0398. The summed E-state index contributed by atoms with van der Waals surface area (Å²) in [6.07, 6.45) is 3.05. The van der Waals surface area contributed by atoms with E-state index in [-0.39, 0.29) is 37.0 Å². The Labute approximate surface area is 179 Å². The van der Waals surface area contributed by atoms with Crippen LogP contribution in [-0.4, -0.2) is 55.1 Å². The molecule has 1 aliphatic carbocycles. The molecule has 1 aromatic carbocycles. The Balaban J connectivity index is 1.45. The van der Waals surface area contributed by atoms with Crippen LogP contribution in [0.25, 0.3) is 10.1 Å². The normalized spacial score (nSPS) is 22.2. The van der Waals surface area contributed by atoms with Gasteiger partial charge in [-0.1, -0.05) is 18.2 Å². The molecule has 0 spiro atoms. The number of anilines is 1. The molecule has 2 aromatic rings. The van der Waals surface area contributed by atoms with Crippen LogP contribution in [-0.2, 0) is 19.1 Å². The Morgan fingerprint density at radius 3 is 2.73 bits per heavy atom. The van der Waals surface area contributed by atoms with Crippen LogP contribution in [0.3, 0.4) is 0 Å². The maximum Gasteiger partial charge on any atom is 0.350 e. The molecule has 0 atom stereocenters. The largest absolute Gasteiger partial charge is 0.462 e. The first kappa shape index (κ1) is 20.8. The Morgan fingerprint density at radius 1 is 1.23 bits per heavy atom. The van der Waals surface area contributed by atoms with Gasteiger partial charge in [0.15, 0.2) is 0 Å². The van der Waals surface area contributed by atoms with Gasteiger partial charge in [0.2, 0.25) is 11.8 Å². The number of thiophene rings is 1. The van der Waals surface area contributed by atoms with Crippen molar-refractivity contribution in [3.8, 4) is 0 Å². The third kappa shape index (κ3) is 4.20. The average molecular weight is 431 g/mol. The molecule has 1 saturated heterocycles. The number of hydrogen-bond donors (Lipinski definition) is 1. The molecule has 160 valence electrons. The molecule has 2 fully saturated rings. The average Bonchev–Trinajstić information content (AvgIpc) is 3.13. The number of ether oxygens (including phenoxy) is 2. The van der Waals surface area contributed by atoms with Crippen LogP contribution in [0.4, 0.5) is 5.69 Å². The molecule has 30 heavy (non-hydrogen) atoms. The molecule has 7 nitrogen and oxygen atoms in total. The molecule has 0 unspecified atom stereocenters. The molecule has 8 heteroatoms. The molecule has 1 aromatic heterocycles. The predicted octanol–water partition coefficient (Wildman–Crippen LogP) is 3.43. The van der Waals surface area contributed by atoms with Crippen molar-refractivity contribution in [2.45, 2.75) is 38.6 Å². The van der Waals surface area contributed by atoms with Crippen molar-refractivity contribution in [3.63, 3.8) is 0 Å². The molecule has 2 heterocycles. The zero-order valence-corrected chi connectivity index (χ0v) is 17.8. The molecule has 1 N–H and O–H groups in total. The maximum absolute atomic E-state index is 13.0. The highest BCUT2D eigenvalue weighted by molar-refractivity contribution is 7.21. The lowest BCUT2D eigenvalue weighted by Crippen LogP contribution is -2.49. The van der Waals surface area contributed by atoms with Crippen LogP contribution in [0.2, 0.25) is 0 Å². The third-order valence-corrected chi connectivity index (χ3v) is 6.99. The second-order valence-electron chi connectivity index (χ2n) is 7.66. The smallest absolute Gasteiger partial charge is 0.350 e. The van der Waals surface area contributed by atoms with Crippen molar-refractivity contribution in [2.24, 2.45) is 5.92 Å². The summed E-state index contributed by atoms with van der Waals surface area (Å²) in [4.78, 5) is 39.9. The summed E-state index contributed by atoms with van der Waals surface area (Å²) in [6, 6.07) is 7.83. The van der Waals surface area contributed by atoms with Crippen LogP contribution in [0.5, 0.6) is 0 Å². The summed E-state index contributed by atoms with van der Waals surface area (Å²) >= 11 is 1.33. The van der Waals surface area contributed by atoms with Crippen LogP contribution in [0.1, 0.15) is 42.3 Å². The van der Waals surface area contributed by atoms with Crippen LogP contribution >= 0.6 is 11.3 Å². The second-order valence-corrected chi connectivity index (χ2v) is 8.71. The minimum atomic E-state index is -0.413. The molecule has 0 bridgehead atoms. The molecule has 1 aliphatic heterocycles. The Kier molecular flexibility index (Phi) is 6.34. The van der Waals surface area contributed by atoms with Gasteiger partial charge >= 0.3 is 5.97 Å². The molecule has 1 saturated carbocycles. The number of nitrogens with zero attached hydrogens (tertiary/aromatic N) is 1. The van der Waals surface area contributed by atoms with E-state index >= 15 is 0 Å². The van der Waals surface area contributed by atoms with E-state index in [0.717, 1.165) is 35.8 Å². The summed E-state index contributed by atoms with van der Waals surface area (Å²) in [6.45, 7) is 3.41. The van der Waals surface area contributed by atoms with Gasteiger partial charge in [0.25, 0.3) is 0 Å². The van der Waals surface area contributed by atoms with Crippen molar-refractivity contribution < 1.29 is 23.9 Å².